The van der Waals surface area contributed by atoms with Crippen LogP contribution < -0.4 is 0 Å². The Bertz CT molecular complexity index is 458. The summed E-state index contributed by atoms with van der Waals surface area (Å²) in [5, 5.41) is 0. The second-order valence-corrected chi connectivity index (χ2v) is 7.47. The number of esters is 1. The van der Waals surface area contributed by atoms with Crippen molar-refractivity contribution in [1.82, 2.24) is 0 Å². The third-order valence-corrected chi connectivity index (χ3v) is 5.15. The maximum absolute atomic E-state index is 12.1. The van der Waals surface area contributed by atoms with Crippen LogP contribution in [0.15, 0.2) is 30.3 Å². The molecule has 0 saturated heterocycles. The number of benzene rings is 1. The van der Waals surface area contributed by atoms with E-state index < -0.39 is 5.41 Å². The molecule has 0 saturated carbocycles. The molecule has 0 aliphatic heterocycles. The van der Waals surface area contributed by atoms with Gasteiger partial charge in [-0.25, -0.2) is 0 Å². The standard InChI is InChI=1S/C19H30O2/c1-14(2)16(15-11-9-8-10-12-15)13-18(3,4)19(5,6)17(20)21-7/h8-12,14,16H,13H2,1-7H3. The monoisotopic (exact) mass is 290 g/mol. The van der Waals surface area contributed by atoms with Crippen molar-refractivity contribution in [2.24, 2.45) is 16.7 Å². The van der Waals surface area contributed by atoms with Crippen molar-refractivity contribution < 1.29 is 9.53 Å². The van der Waals surface area contributed by atoms with Gasteiger partial charge in [0, 0.05) is 0 Å². The average molecular weight is 290 g/mol. The molecule has 0 heterocycles. The highest BCUT2D eigenvalue weighted by atomic mass is 16.5. The summed E-state index contributed by atoms with van der Waals surface area (Å²) in [7, 11) is 1.47. The molecule has 0 aromatic heterocycles. The first kappa shape index (κ1) is 17.7. The Hall–Kier alpha value is -1.31. The molecule has 21 heavy (non-hydrogen) atoms. The molecule has 0 aliphatic rings. The lowest BCUT2D eigenvalue weighted by molar-refractivity contribution is -0.158. The van der Waals surface area contributed by atoms with E-state index in [1.165, 1.54) is 12.7 Å². The first-order valence-electron chi connectivity index (χ1n) is 7.77. The normalized spacial score (nSPS) is 14.1. The minimum atomic E-state index is -0.510. The molecule has 2 heteroatoms. The molecule has 1 aromatic rings. The summed E-state index contributed by atoms with van der Waals surface area (Å²) in [6.45, 7) is 12.8. The van der Waals surface area contributed by atoms with E-state index >= 15 is 0 Å². The molecular formula is C19H30O2. The molecule has 1 aromatic carbocycles. The molecule has 1 rings (SSSR count). The Labute approximate surface area is 129 Å². The fourth-order valence-electron chi connectivity index (χ4n) is 2.78. The van der Waals surface area contributed by atoms with E-state index in [9.17, 15) is 4.79 Å². The van der Waals surface area contributed by atoms with Crippen LogP contribution in [-0.4, -0.2) is 13.1 Å². The van der Waals surface area contributed by atoms with E-state index in [1.807, 2.05) is 19.9 Å². The molecule has 0 spiro atoms. The molecule has 0 N–H and O–H groups in total. The van der Waals surface area contributed by atoms with Crippen LogP contribution in [0.25, 0.3) is 0 Å². The van der Waals surface area contributed by atoms with Gasteiger partial charge >= 0.3 is 5.97 Å². The first-order valence-corrected chi connectivity index (χ1v) is 7.77. The van der Waals surface area contributed by atoms with Crippen LogP contribution in [0.4, 0.5) is 0 Å². The highest BCUT2D eigenvalue weighted by Crippen LogP contribution is 2.47. The van der Waals surface area contributed by atoms with Crippen LogP contribution in [-0.2, 0) is 9.53 Å². The first-order chi connectivity index (χ1) is 9.63. The Morgan fingerprint density at radius 2 is 1.62 bits per heavy atom. The van der Waals surface area contributed by atoms with Gasteiger partial charge in [0.15, 0.2) is 0 Å². The summed E-state index contributed by atoms with van der Waals surface area (Å²) in [6, 6.07) is 10.6. The van der Waals surface area contributed by atoms with Crippen LogP contribution in [0.2, 0.25) is 0 Å². The number of ether oxygens (including phenoxy) is 1. The van der Waals surface area contributed by atoms with Crippen LogP contribution in [0.5, 0.6) is 0 Å². The van der Waals surface area contributed by atoms with Crippen molar-refractivity contribution in [2.75, 3.05) is 7.11 Å². The fraction of sp³-hybridized carbons (Fsp3) is 0.632. The number of carbonyl (C=O) groups excluding carboxylic acids is 1. The van der Waals surface area contributed by atoms with Crippen molar-refractivity contribution in [3.63, 3.8) is 0 Å². The molecular weight excluding hydrogens is 260 g/mol. The number of carbonyl (C=O) groups is 1. The third kappa shape index (κ3) is 3.87. The SMILES string of the molecule is COC(=O)C(C)(C)C(C)(C)CC(c1ccccc1)C(C)C. The van der Waals surface area contributed by atoms with E-state index in [1.54, 1.807) is 0 Å². The van der Waals surface area contributed by atoms with E-state index in [4.69, 9.17) is 4.74 Å². The molecule has 0 fully saturated rings. The van der Waals surface area contributed by atoms with Crippen LogP contribution in [0.1, 0.15) is 59.4 Å². The summed E-state index contributed by atoms with van der Waals surface area (Å²) < 4.78 is 5.01. The number of rotatable bonds is 6. The lowest BCUT2D eigenvalue weighted by Gasteiger charge is -2.42. The predicted octanol–water partition coefficient (Wildman–Crippen LogP) is 5.04. The van der Waals surface area contributed by atoms with Gasteiger partial charge < -0.3 is 4.74 Å². The molecule has 1 unspecified atom stereocenters. The van der Waals surface area contributed by atoms with Gasteiger partial charge in [-0.1, -0.05) is 58.0 Å². The minimum absolute atomic E-state index is 0.136. The van der Waals surface area contributed by atoms with Crippen LogP contribution in [0, 0.1) is 16.7 Å². The minimum Gasteiger partial charge on any atom is -0.469 e. The quantitative estimate of drug-likeness (QED) is 0.686. The summed E-state index contributed by atoms with van der Waals surface area (Å²) in [5.41, 5.74) is 0.690. The second-order valence-electron chi connectivity index (χ2n) is 7.47. The second kappa shape index (κ2) is 6.64. The highest BCUT2D eigenvalue weighted by molar-refractivity contribution is 5.76. The van der Waals surface area contributed by atoms with Gasteiger partial charge in [0.25, 0.3) is 0 Å². The molecule has 118 valence electrons. The largest absolute Gasteiger partial charge is 0.469 e. The zero-order valence-electron chi connectivity index (χ0n) is 14.6. The molecule has 0 aliphatic carbocycles. The summed E-state index contributed by atoms with van der Waals surface area (Å²) in [5.74, 6) is 0.827. The number of hydrogen-bond acceptors (Lipinski definition) is 2. The molecule has 0 bridgehead atoms. The smallest absolute Gasteiger partial charge is 0.311 e. The zero-order chi connectivity index (χ0) is 16.3. The van der Waals surface area contributed by atoms with Crippen molar-refractivity contribution in [3.05, 3.63) is 35.9 Å². The highest BCUT2D eigenvalue weighted by Gasteiger charge is 2.45. The summed E-state index contributed by atoms with van der Waals surface area (Å²) in [4.78, 5) is 12.1. The molecule has 0 radical (unpaired) electrons. The number of hydrogen-bond donors (Lipinski definition) is 0. The van der Waals surface area contributed by atoms with Gasteiger partial charge in [-0.3, -0.25) is 4.79 Å². The van der Waals surface area contributed by atoms with E-state index in [-0.39, 0.29) is 11.4 Å². The Balaban J connectivity index is 3.06. The predicted molar refractivity (Wildman–Crippen MR) is 88.2 cm³/mol. The lowest BCUT2D eigenvalue weighted by atomic mass is 9.62. The van der Waals surface area contributed by atoms with Crippen molar-refractivity contribution >= 4 is 5.97 Å². The van der Waals surface area contributed by atoms with Gasteiger partial charge in [-0.05, 0) is 43.1 Å². The van der Waals surface area contributed by atoms with E-state index in [0.717, 1.165) is 6.42 Å². The Morgan fingerprint density at radius 1 is 1.10 bits per heavy atom. The van der Waals surface area contributed by atoms with E-state index in [0.29, 0.717) is 11.8 Å². The Morgan fingerprint density at radius 3 is 2.05 bits per heavy atom. The maximum atomic E-state index is 12.1. The van der Waals surface area contributed by atoms with Crippen molar-refractivity contribution in [3.8, 4) is 0 Å². The maximum Gasteiger partial charge on any atom is 0.311 e. The fourth-order valence-corrected chi connectivity index (χ4v) is 2.78. The molecule has 0 amide bonds. The van der Waals surface area contributed by atoms with Crippen LogP contribution in [0.3, 0.4) is 0 Å². The molecule has 1 atom stereocenters. The number of methoxy groups -OCH3 is 1. The summed E-state index contributed by atoms with van der Waals surface area (Å²) >= 11 is 0. The van der Waals surface area contributed by atoms with Crippen LogP contribution >= 0.6 is 0 Å². The third-order valence-electron chi connectivity index (χ3n) is 5.15. The lowest BCUT2D eigenvalue weighted by Crippen LogP contribution is -2.41. The molecule has 2 nitrogen and oxygen atoms in total. The van der Waals surface area contributed by atoms with Gasteiger partial charge in [-0.2, -0.15) is 0 Å². The van der Waals surface area contributed by atoms with Crippen molar-refractivity contribution in [2.45, 2.75) is 53.9 Å². The average Bonchev–Trinajstić information content (AvgIpc) is 2.44. The topological polar surface area (TPSA) is 26.3 Å². The Kier molecular flexibility index (Phi) is 5.61. The van der Waals surface area contributed by atoms with Gasteiger partial charge in [-0.15, -0.1) is 0 Å². The van der Waals surface area contributed by atoms with E-state index in [2.05, 4.69) is 52.0 Å². The van der Waals surface area contributed by atoms with Crippen molar-refractivity contribution in [1.29, 1.82) is 0 Å². The van der Waals surface area contributed by atoms with Gasteiger partial charge in [0.05, 0.1) is 12.5 Å². The van der Waals surface area contributed by atoms with Gasteiger partial charge in [0.2, 0.25) is 0 Å². The summed E-state index contributed by atoms with van der Waals surface area (Å²) in [6.07, 6.45) is 0.955. The van der Waals surface area contributed by atoms with Gasteiger partial charge in [0.1, 0.15) is 0 Å². The zero-order valence-corrected chi connectivity index (χ0v) is 14.6.